The van der Waals surface area contributed by atoms with E-state index in [0.717, 1.165) is 25.9 Å². The normalized spacial score (nSPS) is 33.4. The van der Waals surface area contributed by atoms with Crippen molar-refractivity contribution in [2.45, 2.75) is 43.4 Å². The minimum atomic E-state index is -2.72. The van der Waals surface area contributed by atoms with Gasteiger partial charge in [0.2, 0.25) is 5.78 Å². The summed E-state index contributed by atoms with van der Waals surface area (Å²) in [5.41, 5.74) is -5.65. The summed E-state index contributed by atoms with van der Waals surface area (Å²) in [5, 5.41) is 59.2. The number of likely N-dealkylation sites (tertiary alicyclic amines) is 1. The van der Waals surface area contributed by atoms with E-state index >= 15 is 0 Å². The summed E-state index contributed by atoms with van der Waals surface area (Å²) in [6.07, 6.45) is 1.78. The third kappa shape index (κ3) is 3.53. The van der Waals surface area contributed by atoms with Crippen molar-refractivity contribution in [1.29, 1.82) is 0 Å². The summed E-state index contributed by atoms with van der Waals surface area (Å²) < 4.78 is 0. The quantitative estimate of drug-likeness (QED) is 0.303. The van der Waals surface area contributed by atoms with Gasteiger partial charge in [0, 0.05) is 17.4 Å². The maximum atomic E-state index is 13.8. The van der Waals surface area contributed by atoms with Crippen LogP contribution >= 0.6 is 0 Å². The Morgan fingerprint density at radius 3 is 2.42 bits per heavy atom. The van der Waals surface area contributed by atoms with Gasteiger partial charge in [-0.25, -0.2) is 0 Å². The van der Waals surface area contributed by atoms with Gasteiger partial charge in [0.15, 0.2) is 11.4 Å². The number of aliphatic hydroxyl groups excluding tert-OH is 2. The molecule has 3 aliphatic carbocycles. The molecule has 1 aromatic carbocycles. The molecule has 5 rings (SSSR count). The van der Waals surface area contributed by atoms with Crippen LogP contribution in [-0.2, 0) is 15.2 Å². The van der Waals surface area contributed by atoms with Crippen molar-refractivity contribution < 1.29 is 39.9 Å². The van der Waals surface area contributed by atoms with E-state index in [-0.39, 0.29) is 24.2 Å². The Bertz CT molecular complexity index is 1290. The number of hydrogen-bond acceptors (Lipinski definition) is 10. The Morgan fingerprint density at radius 2 is 1.79 bits per heavy atom. The molecule has 1 heterocycles. The zero-order valence-corrected chi connectivity index (χ0v) is 21.6. The maximum absolute atomic E-state index is 13.8. The van der Waals surface area contributed by atoms with Crippen LogP contribution in [0.25, 0.3) is 0 Å². The fraction of sp³-hybridized carbons (Fsp3) is 0.519. The number of phenols is 1. The fourth-order valence-electron chi connectivity index (χ4n) is 6.70. The highest BCUT2D eigenvalue weighted by Crippen LogP contribution is 2.56. The molecular formula is C27H33N3O8. The molecule has 0 radical (unpaired) electrons. The number of nitrogens with one attached hydrogen (secondary N) is 1. The molecule has 0 aromatic heterocycles. The molecule has 204 valence electrons. The minimum Gasteiger partial charge on any atom is -0.510 e. The lowest BCUT2D eigenvalue weighted by Crippen LogP contribution is -2.65. The summed E-state index contributed by atoms with van der Waals surface area (Å²) in [5.74, 6) is -7.17. The summed E-state index contributed by atoms with van der Waals surface area (Å²) in [6, 6.07) is 3.16. The molecule has 0 spiro atoms. The van der Waals surface area contributed by atoms with Gasteiger partial charge in [0.25, 0.3) is 5.91 Å². The van der Waals surface area contributed by atoms with Gasteiger partial charge in [-0.1, -0.05) is 12.1 Å². The van der Waals surface area contributed by atoms with Crippen molar-refractivity contribution in [3.8, 4) is 5.75 Å². The number of hydrogen-bond donors (Lipinski definition) is 6. The lowest BCUT2D eigenvalue weighted by molar-refractivity contribution is -0.152. The molecule has 0 unspecified atom stereocenters. The molecule has 11 nitrogen and oxygen atoms in total. The van der Waals surface area contributed by atoms with Crippen LogP contribution in [0.5, 0.6) is 5.75 Å². The molecule has 4 aliphatic rings. The van der Waals surface area contributed by atoms with Gasteiger partial charge in [-0.2, -0.15) is 0 Å². The van der Waals surface area contributed by atoms with E-state index in [4.69, 9.17) is 0 Å². The first-order valence-electron chi connectivity index (χ1n) is 12.7. The molecule has 1 aliphatic heterocycles. The Morgan fingerprint density at radius 1 is 1.13 bits per heavy atom. The average Bonchev–Trinajstić information content (AvgIpc) is 3.37. The number of phenolic OH excluding ortho intramolecular Hbond substituents is 1. The second-order valence-electron chi connectivity index (χ2n) is 11.1. The van der Waals surface area contributed by atoms with Crippen LogP contribution in [0.15, 0.2) is 40.9 Å². The Balaban J connectivity index is 1.64. The number of rotatable bonds is 4. The number of benzene rings is 1. The summed E-state index contributed by atoms with van der Waals surface area (Å²) in [6.45, 7) is 3.12. The standard InChI is InChI=1S/C27H33N3O8/c1-26(37)13-7-6-8-16(31)17(13)21(32)18-14(26)11-15-20(29(2)3)22(33)19(24(35)27(15,38)23(18)34)25(36)28-12-30-9-4-5-10-30/h6-8,14-15,20,31,33-34,37-38H,4-5,9-12H2,1-3H3,(H,28,36)/t14-,15-,20-,26+,27-/m0/s1. The molecule has 1 aromatic rings. The molecule has 11 heteroatoms. The van der Waals surface area contributed by atoms with E-state index < -0.39 is 75.0 Å². The molecule has 0 bridgehead atoms. The van der Waals surface area contributed by atoms with Crippen LogP contribution in [0.2, 0.25) is 0 Å². The van der Waals surface area contributed by atoms with Crippen molar-refractivity contribution in [3.05, 3.63) is 52.0 Å². The van der Waals surface area contributed by atoms with Gasteiger partial charge in [-0.3, -0.25) is 24.2 Å². The third-order valence-electron chi connectivity index (χ3n) is 8.66. The Labute approximate surface area is 219 Å². The van der Waals surface area contributed by atoms with Crippen molar-refractivity contribution in [3.63, 3.8) is 0 Å². The molecule has 38 heavy (non-hydrogen) atoms. The molecule has 5 atom stereocenters. The van der Waals surface area contributed by atoms with Crippen molar-refractivity contribution in [1.82, 2.24) is 15.1 Å². The lowest BCUT2D eigenvalue weighted by Gasteiger charge is -2.52. The number of carbonyl (C=O) groups is 3. The molecule has 6 N–H and O–H groups in total. The minimum absolute atomic E-state index is 0.143. The Kier molecular flexibility index (Phi) is 6.18. The van der Waals surface area contributed by atoms with Crippen molar-refractivity contribution in [2.75, 3.05) is 33.9 Å². The first-order valence-corrected chi connectivity index (χ1v) is 12.7. The Hall–Kier alpha value is -3.25. The summed E-state index contributed by atoms with van der Waals surface area (Å²) in [7, 11) is 3.18. The van der Waals surface area contributed by atoms with E-state index in [1.165, 1.54) is 30.0 Å². The number of nitrogens with zero attached hydrogens (tertiary/aromatic N) is 2. The van der Waals surface area contributed by atoms with Gasteiger partial charge in [-0.05, 0) is 65.0 Å². The first-order chi connectivity index (χ1) is 17.8. The fourth-order valence-corrected chi connectivity index (χ4v) is 6.70. The van der Waals surface area contributed by atoms with Gasteiger partial charge in [0.1, 0.15) is 22.8 Å². The highest BCUT2D eigenvalue weighted by molar-refractivity contribution is 6.25. The number of Topliss-reactive ketones (excluding diaryl/α,β-unsaturated/α-hetero) is 2. The molecular weight excluding hydrogens is 494 g/mol. The number of likely N-dealkylation sites (N-methyl/N-ethyl adjacent to an activating group) is 1. The second kappa shape index (κ2) is 8.91. The van der Waals surface area contributed by atoms with E-state index in [0.29, 0.717) is 0 Å². The predicted molar refractivity (Wildman–Crippen MR) is 134 cm³/mol. The number of amides is 1. The van der Waals surface area contributed by atoms with Gasteiger partial charge in [-0.15, -0.1) is 0 Å². The SMILES string of the molecule is CN(C)[C@@H]1C(O)=C(C(=O)NCN2CCCC2)C(=O)[C@@]2(O)C(O)=C3C(=O)c4c(O)cccc4[C@@](C)(O)[C@H]3C[C@@H]12. The van der Waals surface area contributed by atoms with Crippen LogP contribution < -0.4 is 5.32 Å². The average molecular weight is 528 g/mol. The zero-order valence-electron chi connectivity index (χ0n) is 21.6. The van der Waals surface area contributed by atoms with Crippen molar-refractivity contribution >= 4 is 17.5 Å². The molecule has 1 fully saturated rings. The number of fused-ring (bicyclic) bond motifs is 3. The topological polar surface area (TPSA) is 171 Å². The second-order valence-corrected chi connectivity index (χ2v) is 11.1. The van der Waals surface area contributed by atoms with Crippen LogP contribution in [0.3, 0.4) is 0 Å². The number of carbonyl (C=O) groups excluding carboxylic acids is 3. The van der Waals surface area contributed by atoms with Crippen LogP contribution in [0, 0.1) is 11.8 Å². The number of ketones is 2. The predicted octanol–water partition coefficient (Wildman–Crippen LogP) is 0.470. The highest BCUT2D eigenvalue weighted by atomic mass is 16.3. The molecule has 1 amide bonds. The largest absolute Gasteiger partial charge is 0.510 e. The van der Waals surface area contributed by atoms with Crippen LogP contribution in [-0.4, -0.2) is 98.3 Å². The zero-order chi connectivity index (χ0) is 27.7. The number of aliphatic hydroxyl groups is 4. The first kappa shape index (κ1) is 26.4. The molecule has 1 saturated heterocycles. The number of aromatic hydroxyl groups is 1. The van der Waals surface area contributed by atoms with Gasteiger partial charge < -0.3 is 30.8 Å². The maximum Gasteiger partial charge on any atom is 0.259 e. The van der Waals surface area contributed by atoms with Gasteiger partial charge >= 0.3 is 0 Å². The third-order valence-corrected chi connectivity index (χ3v) is 8.66. The van der Waals surface area contributed by atoms with Gasteiger partial charge in [0.05, 0.1) is 23.9 Å². The van der Waals surface area contributed by atoms with E-state index in [1.54, 1.807) is 14.1 Å². The summed E-state index contributed by atoms with van der Waals surface area (Å²) >= 11 is 0. The van der Waals surface area contributed by atoms with Crippen LogP contribution in [0.4, 0.5) is 0 Å². The van der Waals surface area contributed by atoms with Crippen molar-refractivity contribution in [2.24, 2.45) is 11.8 Å². The highest BCUT2D eigenvalue weighted by Gasteiger charge is 2.65. The van der Waals surface area contributed by atoms with Crippen LogP contribution in [0.1, 0.15) is 42.1 Å². The smallest absolute Gasteiger partial charge is 0.259 e. The lowest BCUT2D eigenvalue weighted by atomic mass is 9.55. The van der Waals surface area contributed by atoms with E-state index in [1.807, 2.05) is 4.90 Å². The van der Waals surface area contributed by atoms with E-state index in [9.17, 15) is 39.9 Å². The monoisotopic (exact) mass is 527 g/mol. The summed E-state index contributed by atoms with van der Waals surface area (Å²) in [4.78, 5) is 44.0. The van der Waals surface area contributed by atoms with E-state index in [2.05, 4.69) is 5.32 Å². The molecule has 0 saturated carbocycles.